The third-order valence-electron chi connectivity index (χ3n) is 3.43. The molecule has 1 nitrogen and oxygen atoms in total. The Morgan fingerprint density at radius 1 is 1.05 bits per heavy atom. The first kappa shape index (κ1) is 12.4. The lowest BCUT2D eigenvalue weighted by Crippen LogP contribution is -1.87. The maximum Gasteiger partial charge on any atom is 0.0695 e. The fourth-order valence-corrected chi connectivity index (χ4v) is 2.83. The number of nitrogens with zero attached hydrogens (tertiary/aromatic N) is 1. The van der Waals surface area contributed by atoms with Gasteiger partial charge in [-0.3, -0.25) is 0 Å². The summed E-state index contributed by atoms with van der Waals surface area (Å²) < 4.78 is 2.08. The Morgan fingerprint density at radius 3 is 2.53 bits per heavy atom. The molecule has 0 aliphatic rings. The Morgan fingerprint density at radius 2 is 1.79 bits per heavy atom. The number of rotatable bonds is 3. The molecule has 0 amide bonds. The first-order valence-corrected chi connectivity index (χ1v) is 7.59. The number of thioether (sulfide) groups is 1. The van der Waals surface area contributed by atoms with Crippen molar-refractivity contribution in [3.05, 3.63) is 65.9 Å². The second kappa shape index (κ2) is 5.14. The van der Waals surface area contributed by atoms with Gasteiger partial charge >= 0.3 is 0 Å². The van der Waals surface area contributed by atoms with Crippen molar-refractivity contribution in [1.29, 1.82) is 0 Å². The van der Waals surface area contributed by atoms with E-state index in [2.05, 4.69) is 72.6 Å². The molecule has 0 saturated carbocycles. The maximum absolute atomic E-state index is 3.44. The molecule has 95 valence electrons. The van der Waals surface area contributed by atoms with Crippen molar-refractivity contribution in [2.24, 2.45) is 7.05 Å². The molecule has 1 heterocycles. The molecule has 0 spiro atoms. The van der Waals surface area contributed by atoms with Crippen LogP contribution in [0.25, 0.3) is 10.9 Å². The number of hydrogen-bond donors (Lipinski definition) is 0. The summed E-state index contributed by atoms with van der Waals surface area (Å²) in [6, 6.07) is 17.3. The van der Waals surface area contributed by atoms with Gasteiger partial charge in [-0.15, -0.1) is 11.8 Å². The van der Waals surface area contributed by atoms with Crippen LogP contribution in [-0.2, 0) is 13.5 Å². The molecular formula is C17H16NS. The summed E-state index contributed by atoms with van der Waals surface area (Å²) in [4.78, 5) is 1.31. The molecule has 1 radical (unpaired) electrons. The highest BCUT2D eigenvalue weighted by Gasteiger charge is 2.07. The number of benzene rings is 2. The monoisotopic (exact) mass is 266 g/mol. The summed E-state index contributed by atoms with van der Waals surface area (Å²) in [5.41, 5.74) is 3.86. The number of para-hydroxylation sites is 1. The van der Waals surface area contributed by atoms with Crippen molar-refractivity contribution in [3.63, 3.8) is 0 Å². The Labute approximate surface area is 118 Å². The maximum atomic E-state index is 3.44. The van der Waals surface area contributed by atoms with Gasteiger partial charge in [0.2, 0.25) is 0 Å². The van der Waals surface area contributed by atoms with Crippen molar-refractivity contribution in [2.75, 3.05) is 6.26 Å². The first-order chi connectivity index (χ1) is 9.28. The minimum absolute atomic E-state index is 0.940. The van der Waals surface area contributed by atoms with E-state index in [4.69, 9.17) is 0 Å². The molecule has 19 heavy (non-hydrogen) atoms. The predicted molar refractivity (Wildman–Crippen MR) is 82.8 cm³/mol. The number of aromatic nitrogens is 1. The van der Waals surface area contributed by atoms with Crippen molar-refractivity contribution in [3.8, 4) is 0 Å². The number of fused-ring (bicyclic) bond motifs is 1. The zero-order valence-electron chi connectivity index (χ0n) is 11.2. The van der Waals surface area contributed by atoms with Gasteiger partial charge in [0.25, 0.3) is 0 Å². The number of aryl methyl sites for hydroxylation is 1. The van der Waals surface area contributed by atoms with Gasteiger partial charge in [-0.25, -0.2) is 0 Å². The molecule has 0 bridgehead atoms. The zero-order chi connectivity index (χ0) is 13.2. The minimum atomic E-state index is 0.940. The van der Waals surface area contributed by atoms with Crippen molar-refractivity contribution < 1.29 is 0 Å². The Kier molecular flexibility index (Phi) is 3.34. The van der Waals surface area contributed by atoms with Crippen LogP contribution < -0.4 is 0 Å². The molecule has 0 fully saturated rings. The zero-order valence-corrected chi connectivity index (χ0v) is 12.0. The SMILES string of the molecule is CSc1ccc(Cc2[c]n(C)c3ccccc23)cc1. The van der Waals surface area contributed by atoms with E-state index < -0.39 is 0 Å². The van der Waals surface area contributed by atoms with E-state index in [1.165, 1.54) is 26.9 Å². The van der Waals surface area contributed by atoms with Crippen LogP contribution in [-0.4, -0.2) is 10.8 Å². The second-order valence-corrected chi connectivity index (χ2v) is 5.57. The molecular weight excluding hydrogens is 250 g/mol. The Bertz CT molecular complexity index is 695. The summed E-state index contributed by atoms with van der Waals surface area (Å²) in [5, 5.41) is 1.30. The Hall–Kier alpha value is -1.67. The van der Waals surface area contributed by atoms with Crippen LogP contribution in [0.2, 0.25) is 0 Å². The summed E-state index contributed by atoms with van der Waals surface area (Å²) in [5.74, 6) is 0. The summed E-state index contributed by atoms with van der Waals surface area (Å²) in [7, 11) is 2.06. The fraction of sp³-hybridized carbons (Fsp3) is 0.176. The second-order valence-electron chi connectivity index (χ2n) is 4.69. The molecule has 0 N–H and O–H groups in total. The molecule has 0 atom stereocenters. The van der Waals surface area contributed by atoms with Gasteiger partial charge in [0.15, 0.2) is 0 Å². The third-order valence-corrected chi connectivity index (χ3v) is 4.18. The van der Waals surface area contributed by atoms with Crippen LogP contribution in [0.5, 0.6) is 0 Å². The lowest BCUT2D eigenvalue weighted by molar-refractivity contribution is 0.947. The molecule has 0 saturated heterocycles. The van der Waals surface area contributed by atoms with Gasteiger partial charge < -0.3 is 4.57 Å². The van der Waals surface area contributed by atoms with Crippen molar-refractivity contribution in [2.45, 2.75) is 11.3 Å². The minimum Gasteiger partial charge on any atom is -0.342 e. The van der Waals surface area contributed by atoms with Gasteiger partial charge in [0.05, 0.1) is 6.20 Å². The van der Waals surface area contributed by atoms with Crippen LogP contribution >= 0.6 is 11.8 Å². The molecule has 0 unspecified atom stereocenters. The topological polar surface area (TPSA) is 4.93 Å². The molecule has 3 aromatic rings. The summed E-state index contributed by atoms with van der Waals surface area (Å²) >= 11 is 1.78. The molecule has 0 aliphatic heterocycles. The average molecular weight is 266 g/mol. The van der Waals surface area contributed by atoms with E-state index in [-0.39, 0.29) is 0 Å². The third kappa shape index (κ3) is 2.41. The molecule has 2 heteroatoms. The summed E-state index contributed by atoms with van der Waals surface area (Å²) in [6.45, 7) is 0. The molecule has 1 aromatic heterocycles. The van der Waals surface area contributed by atoms with E-state index in [0.29, 0.717) is 0 Å². The first-order valence-electron chi connectivity index (χ1n) is 6.36. The lowest BCUT2D eigenvalue weighted by Gasteiger charge is -2.01. The van der Waals surface area contributed by atoms with Crippen LogP contribution in [0.4, 0.5) is 0 Å². The fourth-order valence-electron chi connectivity index (χ4n) is 2.43. The average Bonchev–Trinajstić information content (AvgIpc) is 2.77. The largest absolute Gasteiger partial charge is 0.342 e. The highest BCUT2D eigenvalue weighted by atomic mass is 32.2. The van der Waals surface area contributed by atoms with Gasteiger partial charge in [-0.2, -0.15) is 0 Å². The Balaban J connectivity index is 1.96. The standard InChI is InChI=1S/C17H16NS/c1-18-12-14(16-5-3-4-6-17(16)18)11-13-7-9-15(19-2)10-8-13/h3-10H,11H2,1-2H3. The highest BCUT2D eigenvalue weighted by molar-refractivity contribution is 7.98. The van der Waals surface area contributed by atoms with E-state index in [1.54, 1.807) is 11.8 Å². The number of hydrogen-bond acceptors (Lipinski definition) is 1. The molecule has 2 aromatic carbocycles. The normalized spacial score (nSPS) is 11.1. The van der Waals surface area contributed by atoms with Gasteiger partial charge in [0.1, 0.15) is 0 Å². The predicted octanol–water partition coefficient (Wildman–Crippen LogP) is 4.29. The molecule has 0 aliphatic carbocycles. The van der Waals surface area contributed by atoms with E-state index in [9.17, 15) is 0 Å². The van der Waals surface area contributed by atoms with Crippen LogP contribution in [0, 0.1) is 6.20 Å². The lowest BCUT2D eigenvalue weighted by atomic mass is 10.0. The van der Waals surface area contributed by atoms with E-state index in [1.807, 2.05) is 0 Å². The quantitative estimate of drug-likeness (QED) is 0.640. The smallest absolute Gasteiger partial charge is 0.0695 e. The van der Waals surface area contributed by atoms with Crippen molar-refractivity contribution in [1.82, 2.24) is 4.57 Å². The van der Waals surface area contributed by atoms with Crippen LogP contribution in [0.15, 0.2) is 53.4 Å². The molecule has 3 rings (SSSR count). The highest BCUT2D eigenvalue weighted by Crippen LogP contribution is 2.23. The van der Waals surface area contributed by atoms with Crippen LogP contribution in [0.1, 0.15) is 11.1 Å². The van der Waals surface area contributed by atoms with Gasteiger partial charge in [-0.1, -0.05) is 30.3 Å². The van der Waals surface area contributed by atoms with E-state index >= 15 is 0 Å². The van der Waals surface area contributed by atoms with Gasteiger partial charge in [-0.05, 0) is 35.6 Å². The summed E-state index contributed by atoms with van der Waals surface area (Å²) in [6.07, 6.45) is 6.49. The van der Waals surface area contributed by atoms with Crippen molar-refractivity contribution >= 4 is 22.7 Å². The van der Waals surface area contributed by atoms with Gasteiger partial charge in [0, 0.05) is 29.3 Å². The van der Waals surface area contributed by atoms with E-state index in [0.717, 1.165) is 6.42 Å². The van der Waals surface area contributed by atoms with Crippen LogP contribution in [0.3, 0.4) is 0 Å².